The Labute approximate surface area is 105 Å². The van der Waals surface area contributed by atoms with Crippen LogP contribution in [0.3, 0.4) is 0 Å². The van der Waals surface area contributed by atoms with E-state index in [1.54, 1.807) is 4.80 Å². The smallest absolute Gasteiger partial charge is 0.204 e. The minimum Gasteiger partial charge on any atom is -0.391 e. The summed E-state index contributed by atoms with van der Waals surface area (Å²) in [5, 5.41) is 22.5. The largest absolute Gasteiger partial charge is 0.391 e. The van der Waals surface area contributed by atoms with Crippen LogP contribution in [0.4, 0.5) is 0 Å². The molecule has 0 bridgehead atoms. The molecule has 0 spiro atoms. The van der Waals surface area contributed by atoms with Crippen molar-refractivity contribution in [3.05, 3.63) is 30.3 Å². The Kier molecular flexibility index (Phi) is 3.06. The molecule has 2 atom stereocenters. The average Bonchev–Trinajstić information content (AvgIpc) is 2.90. The number of aliphatic hydroxyl groups is 1. The first-order valence-corrected chi connectivity index (χ1v) is 6.37. The van der Waals surface area contributed by atoms with E-state index in [2.05, 4.69) is 15.4 Å². The molecule has 5 nitrogen and oxygen atoms in total. The van der Waals surface area contributed by atoms with E-state index in [9.17, 15) is 5.11 Å². The van der Waals surface area contributed by atoms with Gasteiger partial charge in [0.25, 0.3) is 0 Å². The summed E-state index contributed by atoms with van der Waals surface area (Å²) in [5.41, 5.74) is 0.953. The predicted octanol–water partition coefficient (Wildman–Crippen LogP) is 1.82. The van der Waals surface area contributed by atoms with Crippen molar-refractivity contribution in [3.8, 4) is 11.4 Å². The molecular formula is C13H16N4O. The van der Waals surface area contributed by atoms with Gasteiger partial charge >= 0.3 is 0 Å². The summed E-state index contributed by atoms with van der Waals surface area (Å²) in [6.45, 7) is 0. The van der Waals surface area contributed by atoms with Crippen LogP contribution in [-0.2, 0) is 0 Å². The number of hydrogen-bond acceptors (Lipinski definition) is 4. The van der Waals surface area contributed by atoms with Crippen LogP contribution in [0, 0.1) is 0 Å². The first kappa shape index (κ1) is 11.3. The molecule has 94 valence electrons. The lowest BCUT2D eigenvalue weighted by Gasteiger charge is -2.25. The van der Waals surface area contributed by atoms with E-state index in [1.807, 2.05) is 30.3 Å². The second-order valence-electron chi connectivity index (χ2n) is 4.72. The summed E-state index contributed by atoms with van der Waals surface area (Å²) in [6.07, 6.45) is 3.59. The summed E-state index contributed by atoms with van der Waals surface area (Å²) in [6, 6.07) is 9.75. The minimum atomic E-state index is -0.350. The van der Waals surface area contributed by atoms with Crippen LogP contribution in [0.2, 0.25) is 0 Å². The molecule has 3 rings (SSSR count). The molecule has 1 aliphatic rings. The second-order valence-corrected chi connectivity index (χ2v) is 4.72. The van der Waals surface area contributed by atoms with E-state index in [4.69, 9.17) is 0 Å². The molecule has 1 aromatic carbocycles. The number of benzene rings is 1. The molecule has 1 aliphatic carbocycles. The van der Waals surface area contributed by atoms with Crippen molar-refractivity contribution in [2.45, 2.75) is 37.8 Å². The predicted molar refractivity (Wildman–Crippen MR) is 66.8 cm³/mol. The van der Waals surface area contributed by atoms with E-state index in [0.29, 0.717) is 5.82 Å². The van der Waals surface area contributed by atoms with Gasteiger partial charge in [-0.1, -0.05) is 43.2 Å². The van der Waals surface area contributed by atoms with Crippen LogP contribution in [0.15, 0.2) is 30.3 Å². The number of nitrogens with zero attached hydrogens (tertiary/aromatic N) is 4. The summed E-state index contributed by atoms with van der Waals surface area (Å²) in [4.78, 5) is 1.58. The van der Waals surface area contributed by atoms with E-state index >= 15 is 0 Å². The van der Waals surface area contributed by atoms with Crippen molar-refractivity contribution in [2.75, 3.05) is 0 Å². The van der Waals surface area contributed by atoms with Crippen LogP contribution >= 0.6 is 0 Å². The van der Waals surface area contributed by atoms with Crippen LogP contribution < -0.4 is 0 Å². The topological polar surface area (TPSA) is 63.8 Å². The first-order valence-electron chi connectivity index (χ1n) is 6.37. The van der Waals surface area contributed by atoms with E-state index in [1.165, 1.54) is 0 Å². The lowest BCUT2D eigenvalue weighted by atomic mass is 9.93. The third kappa shape index (κ3) is 2.13. The van der Waals surface area contributed by atoms with Gasteiger partial charge in [-0.15, -0.1) is 10.2 Å². The molecule has 1 aromatic heterocycles. The number of hydrogen-bond donors (Lipinski definition) is 1. The second kappa shape index (κ2) is 4.86. The number of aromatic nitrogens is 4. The Balaban J connectivity index is 1.85. The fourth-order valence-corrected chi connectivity index (χ4v) is 2.43. The first-order chi connectivity index (χ1) is 8.84. The highest BCUT2D eigenvalue weighted by Gasteiger charge is 2.26. The Morgan fingerprint density at radius 3 is 2.67 bits per heavy atom. The fourth-order valence-electron chi connectivity index (χ4n) is 2.43. The van der Waals surface area contributed by atoms with Gasteiger partial charge in [0, 0.05) is 5.56 Å². The summed E-state index contributed by atoms with van der Waals surface area (Å²) in [7, 11) is 0. The molecule has 0 amide bonds. The molecule has 2 aromatic rings. The molecule has 0 saturated heterocycles. The number of aliphatic hydroxyl groups excluding tert-OH is 1. The Morgan fingerprint density at radius 1 is 1.11 bits per heavy atom. The van der Waals surface area contributed by atoms with E-state index in [0.717, 1.165) is 31.2 Å². The van der Waals surface area contributed by atoms with Crippen LogP contribution in [-0.4, -0.2) is 31.4 Å². The molecule has 5 heteroatoms. The zero-order valence-corrected chi connectivity index (χ0v) is 10.1. The molecular weight excluding hydrogens is 228 g/mol. The van der Waals surface area contributed by atoms with Crippen LogP contribution in [0.25, 0.3) is 11.4 Å². The van der Waals surface area contributed by atoms with E-state index in [-0.39, 0.29) is 12.1 Å². The lowest BCUT2D eigenvalue weighted by molar-refractivity contribution is 0.0614. The van der Waals surface area contributed by atoms with E-state index < -0.39 is 0 Å². The lowest BCUT2D eigenvalue weighted by Crippen LogP contribution is -2.29. The van der Waals surface area contributed by atoms with Crippen molar-refractivity contribution in [3.63, 3.8) is 0 Å². The van der Waals surface area contributed by atoms with Gasteiger partial charge in [0.15, 0.2) is 0 Å². The zero-order chi connectivity index (χ0) is 12.4. The van der Waals surface area contributed by atoms with Gasteiger partial charge in [-0.05, 0) is 18.1 Å². The standard InChI is InChI=1S/C13H16N4O/c18-12-9-5-4-8-11(12)17-15-13(14-16-17)10-6-2-1-3-7-10/h1-3,6-7,11-12,18H,4-5,8-9H2/t11-,12-/m0/s1. The van der Waals surface area contributed by atoms with Crippen molar-refractivity contribution in [2.24, 2.45) is 0 Å². The van der Waals surface area contributed by atoms with Gasteiger partial charge in [-0.25, -0.2) is 0 Å². The van der Waals surface area contributed by atoms with Gasteiger partial charge in [-0.3, -0.25) is 0 Å². The zero-order valence-electron chi connectivity index (χ0n) is 10.1. The SMILES string of the molecule is O[C@H]1CCCC[C@@H]1n1nnc(-c2ccccc2)n1. The molecule has 1 fully saturated rings. The molecule has 1 heterocycles. The highest BCUT2D eigenvalue weighted by molar-refractivity contribution is 5.52. The maximum Gasteiger partial charge on any atom is 0.204 e. The normalized spacial score (nSPS) is 24.1. The summed E-state index contributed by atoms with van der Waals surface area (Å²) >= 11 is 0. The molecule has 0 aliphatic heterocycles. The third-order valence-electron chi connectivity index (χ3n) is 3.45. The third-order valence-corrected chi connectivity index (χ3v) is 3.45. The number of rotatable bonds is 2. The summed E-state index contributed by atoms with van der Waals surface area (Å²) in [5.74, 6) is 0.619. The average molecular weight is 244 g/mol. The highest BCUT2D eigenvalue weighted by atomic mass is 16.3. The van der Waals surface area contributed by atoms with Crippen LogP contribution in [0.5, 0.6) is 0 Å². The monoisotopic (exact) mass is 244 g/mol. The Morgan fingerprint density at radius 2 is 1.89 bits per heavy atom. The molecule has 1 saturated carbocycles. The fraction of sp³-hybridized carbons (Fsp3) is 0.462. The molecule has 0 radical (unpaired) electrons. The molecule has 18 heavy (non-hydrogen) atoms. The van der Waals surface area contributed by atoms with Gasteiger partial charge in [0.2, 0.25) is 5.82 Å². The minimum absolute atomic E-state index is 0.0243. The van der Waals surface area contributed by atoms with Gasteiger partial charge in [0.05, 0.1) is 12.1 Å². The van der Waals surface area contributed by atoms with Crippen LogP contribution in [0.1, 0.15) is 31.7 Å². The molecule has 1 N–H and O–H groups in total. The Bertz CT molecular complexity index is 511. The van der Waals surface area contributed by atoms with Gasteiger partial charge in [-0.2, -0.15) is 4.80 Å². The van der Waals surface area contributed by atoms with Crippen molar-refractivity contribution in [1.29, 1.82) is 0 Å². The van der Waals surface area contributed by atoms with Gasteiger partial charge < -0.3 is 5.11 Å². The van der Waals surface area contributed by atoms with Gasteiger partial charge in [0.1, 0.15) is 0 Å². The van der Waals surface area contributed by atoms with Crippen molar-refractivity contribution < 1.29 is 5.11 Å². The highest BCUT2D eigenvalue weighted by Crippen LogP contribution is 2.27. The summed E-state index contributed by atoms with van der Waals surface area (Å²) < 4.78 is 0. The number of tetrazole rings is 1. The maximum absolute atomic E-state index is 9.97. The van der Waals surface area contributed by atoms with Crippen molar-refractivity contribution >= 4 is 0 Å². The quantitative estimate of drug-likeness (QED) is 0.875. The maximum atomic E-state index is 9.97. The molecule has 0 unspecified atom stereocenters. The Hall–Kier alpha value is -1.75. The van der Waals surface area contributed by atoms with Crippen molar-refractivity contribution in [1.82, 2.24) is 20.2 Å².